The van der Waals surface area contributed by atoms with Gasteiger partial charge in [-0.1, -0.05) is 18.2 Å². The minimum Gasteiger partial charge on any atom is -0.351 e. The number of H-pyrrole nitrogens is 1. The van der Waals surface area contributed by atoms with E-state index in [2.05, 4.69) is 9.97 Å². The number of fused-ring (bicyclic) bond motifs is 1. The van der Waals surface area contributed by atoms with Gasteiger partial charge >= 0.3 is 0 Å². The summed E-state index contributed by atoms with van der Waals surface area (Å²) in [6.07, 6.45) is 4.06. The lowest BCUT2D eigenvalue weighted by Crippen LogP contribution is -2.50. The van der Waals surface area contributed by atoms with Crippen LogP contribution in [0.25, 0.3) is 10.9 Å². The number of carbonyl (C=O) groups excluding carboxylic acids is 2. The maximum absolute atomic E-state index is 12.8. The Hall–Kier alpha value is -3.15. The van der Waals surface area contributed by atoms with Crippen molar-refractivity contribution in [3.8, 4) is 0 Å². The topological polar surface area (TPSA) is 69.3 Å². The lowest BCUT2D eigenvalue weighted by atomic mass is 10.1. The maximum Gasteiger partial charge on any atom is 0.270 e. The number of hydrogen-bond acceptors (Lipinski definition) is 3. The van der Waals surface area contributed by atoms with Gasteiger partial charge in [0.05, 0.1) is 0 Å². The van der Waals surface area contributed by atoms with Crippen LogP contribution in [0.4, 0.5) is 0 Å². The molecule has 0 radical (unpaired) electrons. The molecule has 2 aromatic heterocycles. The Bertz CT molecular complexity index is 1010. The molecule has 1 aliphatic carbocycles. The number of aromatic amines is 1. The molecule has 1 N–H and O–H groups in total. The average molecular weight is 374 g/mol. The Balaban J connectivity index is 1.25. The van der Waals surface area contributed by atoms with Crippen LogP contribution in [0.15, 0.2) is 48.7 Å². The van der Waals surface area contributed by atoms with Crippen molar-refractivity contribution in [2.24, 2.45) is 0 Å². The third-order valence-electron chi connectivity index (χ3n) is 5.64. The highest BCUT2D eigenvalue weighted by Crippen LogP contribution is 2.39. The summed E-state index contributed by atoms with van der Waals surface area (Å²) >= 11 is 0. The smallest absolute Gasteiger partial charge is 0.270 e. The third kappa shape index (κ3) is 3.15. The van der Waals surface area contributed by atoms with E-state index < -0.39 is 0 Å². The van der Waals surface area contributed by atoms with E-state index in [4.69, 9.17) is 0 Å². The highest BCUT2D eigenvalue weighted by molar-refractivity contribution is 5.98. The number of benzene rings is 1. The van der Waals surface area contributed by atoms with Crippen molar-refractivity contribution in [3.63, 3.8) is 0 Å². The number of rotatable bonds is 3. The first-order chi connectivity index (χ1) is 13.7. The number of amides is 2. The Kier molecular flexibility index (Phi) is 4.11. The number of aromatic nitrogens is 2. The standard InChI is InChI=1S/C22H22N4O2/c27-21(17-7-8-23-19(14-17)15-5-6-15)25-9-11-26(12-10-25)22(28)20-13-16-3-1-2-4-18(16)24-20/h1-4,7-8,13-15,24H,5-6,9-12H2. The number of para-hydroxylation sites is 1. The molecule has 5 rings (SSSR count). The zero-order chi connectivity index (χ0) is 19.1. The van der Waals surface area contributed by atoms with Gasteiger partial charge in [-0.25, -0.2) is 0 Å². The van der Waals surface area contributed by atoms with Gasteiger partial charge in [-0.2, -0.15) is 0 Å². The van der Waals surface area contributed by atoms with E-state index in [-0.39, 0.29) is 11.8 Å². The molecule has 3 aromatic rings. The van der Waals surface area contributed by atoms with Crippen molar-refractivity contribution in [2.45, 2.75) is 18.8 Å². The van der Waals surface area contributed by atoms with Crippen molar-refractivity contribution in [1.82, 2.24) is 19.8 Å². The fourth-order valence-electron chi connectivity index (χ4n) is 3.84. The molecule has 1 aliphatic heterocycles. The first-order valence-electron chi connectivity index (χ1n) is 9.81. The van der Waals surface area contributed by atoms with Crippen molar-refractivity contribution in [3.05, 3.63) is 65.6 Å². The van der Waals surface area contributed by atoms with E-state index in [9.17, 15) is 9.59 Å². The summed E-state index contributed by atoms with van der Waals surface area (Å²) in [6, 6.07) is 13.5. The van der Waals surface area contributed by atoms with E-state index >= 15 is 0 Å². The van der Waals surface area contributed by atoms with Crippen LogP contribution in [0.3, 0.4) is 0 Å². The summed E-state index contributed by atoms with van der Waals surface area (Å²) in [7, 11) is 0. The predicted octanol–water partition coefficient (Wildman–Crippen LogP) is 3.04. The maximum atomic E-state index is 12.8. The zero-order valence-electron chi connectivity index (χ0n) is 15.6. The Morgan fingerprint density at radius 1 is 0.929 bits per heavy atom. The minimum absolute atomic E-state index is 0.0109. The van der Waals surface area contributed by atoms with Crippen LogP contribution in [0.5, 0.6) is 0 Å². The second-order valence-electron chi connectivity index (χ2n) is 7.60. The molecule has 142 valence electrons. The van der Waals surface area contributed by atoms with Gasteiger partial charge < -0.3 is 14.8 Å². The molecule has 0 spiro atoms. The molecular formula is C22H22N4O2. The SMILES string of the molecule is O=C(c1ccnc(C2CC2)c1)N1CCN(C(=O)c2cc3ccccc3[nH]2)CC1. The number of nitrogens with one attached hydrogen (secondary N) is 1. The molecule has 6 nitrogen and oxygen atoms in total. The highest BCUT2D eigenvalue weighted by atomic mass is 16.2. The van der Waals surface area contributed by atoms with Crippen molar-refractivity contribution in [2.75, 3.05) is 26.2 Å². The molecule has 0 atom stereocenters. The van der Waals surface area contributed by atoms with Crippen LogP contribution in [0.1, 0.15) is 45.3 Å². The largest absolute Gasteiger partial charge is 0.351 e. The molecule has 2 fully saturated rings. The van der Waals surface area contributed by atoms with Gasteiger partial charge in [-0.3, -0.25) is 14.6 Å². The van der Waals surface area contributed by atoms with Gasteiger partial charge in [0, 0.05) is 60.5 Å². The van der Waals surface area contributed by atoms with Gasteiger partial charge in [0.2, 0.25) is 0 Å². The summed E-state index contributed by atoms with van der Waals surface area (Å²) in [5.74, 6) is 0.545. The van der Waals surface area contributed by atoms with Crippen molar-refractivity contribution >= 4 is 22.7 Å². The number of piperazine rings is 1. The number of carbonyl (C=O) groups is 2. The molecule has 1 aromatic carbocycles. The van der Waals surface area contributed by atoms with Crippen LogP contribution in [-0.2, 0) is 0 Å². The minimum atomic E-state index is -0.0109. The molecule has 0 unspecified atom stereocenters. The molecule has 2 aliphatic rings. The third-order valence-corrected chi connectivity index (χ3v) is 5.64. The van der Waals surface area contributed by atoms with Gasteiger partial charge in [-0.15, -0.1) is 0 Å². The molecule has 0 bridgehead atoms. The Morgan fingerprint density at radius 2 is 1.64 bits per heavy atom. The Labute approximate surface area is 163 Å². The van der Waals surface area contributed by atoms with Gasteiger partial charge in [0.1, 0.15) is 5.69 Å². The lowest BCUT2D eigenvalue weighted by molar-refractivity contribution is 0.0533. The fraction of sp³-hybridized carbons (Fsp3) is 0.318. The number of pyridine rings is 1. The van der Waals surface area contributed by atoms with Crippen LogP contribution < -0.4 is 0 Å². The van der Waals surface area contributed by atoms with E-state index in [1.807, 2.05) is 46.2 Å². The second-order valence-corrected chi connectivity index (χ2v) is 7.60. The molecule has 28 heavy (non-hydrogen) atoms. The van der Waals surface area contributed by atoms with Crippen molar-refractivity contribution in [1.29, 1.82) is 0 Å². The highest BCUT2D eigenvalue weighted by Gasteiger charge is 2.28. The van der Waals surface area contributed by atoms with Crippen LogP contribution >= 0.6 is 0 Å². The molecule has 6 heteroatoms. The summed E-state index contributed by atoms with van der Waals surface area (Å²) in [5.41, 5.74) is 3.29. The monoisotopic (exact) mass is 374 g/mol. The second kappa shape index (κ2) is 6.78. The summed E-state index contributed by atoms with van der Waals surface area (Å²) < 4.78 is 0. The molecule has 2 amide bonds. The molecule has 1 saturated heterocycles. The summed E-state index contributed by atoms with van der Waals surface area (Å²) in [5, 5.41) is 1.03. The van der Waals surface area contributed by atoms with Crippen LogP contribution in [0.2, 0.25) is 0 Å². The average Bonchev–Trinajstić information content (AvgIpc) is 3.51. The van der Waals surface area contributed by atoms with Gasteiger partial charge in [-0.05, 0) is 37.1 Å². The van der Waals surface area contributed by atoms with E-state index in [0.717, 1.165) is 16.6 Å². The summed E-state index contributed by atoms with van der Waals surface area (Å²) in [4.78, 5) is 36.9. The normalized spacial score (nSPS) is 17.1. The van der Waals surface area contributed by atoms with E-state index in [0.29, 0.717) is 43.4 Å². The zero-order valence-corrected chi connectivity index (χ0v) is 15.6. The fourth-order valence-corrected chi connectivity index (χ4v) is 3.84. The molecule has 1 saturated carbocycles. The quantitative estimate of drug-likeness (QED) is 0.766. The Morgan fingerprint density at radius 3 is 2.36 bits per heavy atom. The van der Waals surface area contributed by atoms with E-state index in [1.54, 1.807) is 12.3 Å². The van der Waals surface area contributed by atoms with Gasteiger partial charge in [0.15, 0.2) is 0 Å². The number of nitrogens with zero attached hydrogens (tertiary/aromatic N) is 3. The molecule has 3 heterocycles. The van der Waals surface area contributed by atoms with Crippen molar-refractivity contribution < 1.29 is 9.59 Å². The van der Waals surface area contributed by atoms with E-state index in [1.165, 1.54) is 12.8 Å². The first kappa shape index (κ1) is 17.0. The van der Waals surface area contributed by atoms with Crippen LogP contribution in [0, 0.1) is 0 Å². The lowest BCUT2D eigenvalue weighted by Gasteiger charge is -2.34. The van der Waals surface area contributed by atoms with Gasteiger partial charge in [0.25, 0.3) is 11.8 Å². The van der Waals surface area contributed by atoms with Crippen LogP contribution in [-0.4, -0.2) is 57.8 Å². The first-order valence-corrected chi connectivity index (χ1v) is 9.81. The predicted molar refractivity (Wildman–Crippen MR) is 106 cm³/mol. The number of hydrogen-bond donors (Lipinski definition) is 1. The molecular weight excluding hydrogens is 352 g/mol. The summed E-state index contributed by atoms with van der Waals surface area (Å²) in [6.45, 7) is 2.18.